The number of hydrogen-bond donors (Lipinski definition) is 1. The number of aliphatic hydroxyl groups excluding tert-OH is 1. The summed E-state index contributed by atoms with van der Waals surface area (Å²) in [5.41, 5.74) is 8.94. The molecule has 1 N–H and O–H groups in total. The van der Waals surface area contributed by atoms with Crippen molar-refractivity contribution >= 4 is 13.9 Å². The van der Waals surface area contributed by atoms with Crippen molar-refractivity contribution in [2.24, 2.45) is 5.41 Å². The molecule has 5 heteroatoms. The van der Waals surface area contributed by atoms with Gasteiger partial charge in [-0.05, 0) is 72.4 Å². The highest BCUT2D eigenvalue weighted by Gasteiger charge is 2.45. The maximum absolute atomic E-state index is 12.0. The van der Waals surface area contributed by atoms with Crippen molar-refractivity contribution in [2.75, 3.05) is 13.2 Å². The van der Waals surface area contributed by atoms with Crippen molar-refractivity contribution in [1.29, 1.82) is 0 Å². The number of pyridine rings is 1. The molecule has 0 saturated heterocycles. The fourth-order valence-electron chi connectivity index (χ4n) is 5.66. The second kappa shape index (κ2) is 10.6. The number of aryl methyl sites for hydroxylation is 1. The number of fused-ring (bicyclic) bond motifs is 1. The summed E-state index contributed by atoms with van der Waals surface area (Å²) < 4.78 is 13.0. The smallest absolute Gasteiger partial charge is 0.192 e. The SMILES string of the molecule is Cc1ccc([C@@H](O)c2c(C(C)C)nc3c(c2C2=CCOCC2)[C@@H](O[Si](C)(C)C(C)(C)C)CC(C)(C)C3)cc1. The molecule has 0 amide bonds. The van der Waals surface area contributed by atoms with Crippen molar-refractivity contribution in [1.82, 2.24) is 4.98 Å². The second-order valence-corrected chi connectivity index (χ2v) is 18.8. The molecule has 4 rings (SSSR count). The molecule has 0 saturated carbocycles. The van der Waals surface area contributed by atoms with Crippen molar-refractivity contribution in [3.8, 4) is 0 Å². The zero-order chi connectivity index (χ0) is 28.0. The summed E-state index contributed by atoms with van der Waals surface area (Å²) in [5, 5.41) is 12.1. The molecule has 208 valence electrons. The van der Waals surface area contributed by atoms with E-state index in [1.807, 2.05) is 0 Å². The van der Waals surface area contributed by atoms with E-state index in [9.17, 15) is 5.11 Å². The van der Waals surface area contributed by atoms with E-state index in [1.54, 1.807) is 0 Å². The fraction of sp³-hybridized carbons (Fsp3) is 0.606. The lowest BCUT2D eigenvalue weighted by molar-refractivity contribution is 0.105. The molecule has 4 nitrogen and oxygen atoms in total. The number of aliphatic hydroxyl groups is 1. The number of rotatable bonds is 6. The summed E-state index contributed by atoms with van der Waals surface area (Å²) in [6.07, 6.45) is 4.11. The third-order valence-corrected chi connectivity index (χ3v) is 13.3. The zero-order valence-corrected chi connectivity index (χ0v) is 26.4. The highest BCUT2D eigenvalue weighted by molar-refractivity contribution is 6.74. The molecule has 0 spiro atoms. The van der Waals surface area contributed by atoms with Gasteiger partial charge in [0.25, 0.3) is 0 Å². The third kappa shape index (κ3) is 5.86. The van der Waals surface area contributed by atoms with Gasteiger partial charge in [0.05, 0.1) is 19.3 Å². The minimum atomic E-state index is -2.08. The van der Waals surface area contributed by atoms with Crippen LogP contribution in [0.3, 0.4) is 0 Å². The highest BCUT2D eigenvalue weighted by atomic mass is 28.4. The van der Waals surface area contributed by atoms with Gasteiger partial charge in [-0.3, -0.25) is 4.98 Å². The maximum Gasteiger partial charge on any atom is 0.192 e. The van der Waals surface area contributed by atoms with Gasteiger partial charge in [0, 0.05) is 22.5 Å². The van der Waals surface area contributed by atoms with Gasteiger partial charge in [-0.1, -0.05) is 84.4 Å². The summed E-state index contributed by atoms with van der Waals surface area (Å²) in [5.74, 6) is 0.180. The minimum Gasteiger partial charge on any atom is -0.410 e. The topological polar surface area (TPSA) is 51.6 Å². The molecule has 1 aromatic heterocycles. The van der Waals surface area contributed by atoms with E-state index >= 15 is 0 Å². The first-order chi connectivity index (χ1) is 17.6. The first kappa shape index (κ1) is 29.2. The molecule has 38 heavy (non-hydrogen) atoms. The average molecular weight is 536 g/mol. The number of aromatic nitrogens is 1. The van der Waals surface area contributed by atoms with E-state index in [0.29, 0.717) is 13.2 Å². The van der Waals surface area contributed by atoms with Gasteiger partial charge >= 0.3 is 0 Å². The Bertz CT molecular complexity index is 1190. The number of nitrogens with zero attached hydrogens (tertiary/aromatic N) is 1. The predicted molar refractivity (Wildman–Crippen MR) is 160 cm³/mol. The lowest BCUT2D eigenvalue weighted by Crippen LogP contribution is -2.44. The first-order valence-electron chi connectivity index (χ1n) is 14.4. The average Bonchev–Trinajstić information content (AvgIpc) is 2.81. The van der Waals surface area contributed by atoms with Crippen LogP contribution in [0.4, 0.5) is 0 Å². The van der Waals surface area contributed by atoms with Crippen LogP contribution in [-0.4, -0.2) is 31.6 Å². The van der Waals surface area contributed by atoms with E-state index < -0.39 is 14.4 Å². The molecule has 2 heterocycles. The largest absolute Gasteiger partial charge is 0.410 e. The van der Waals surface area contributed by atoms with E-state index in [4.69, 9.17) is 14.1 Å². The van der Waals surface area contributed by atoms with Crippen molar-refractivity contribution in [3.63, 3.8) is 0 Å². The third-order valence-electron chi connectivity index (χ3n) is 8.83. The molecule has 0 bridgehead atoms. The summed E-state index contributed by atoms with van der Waals surface area (Å²) >= 11 is 0. The van der Waals surface area contributed by atoms with Gasteiger partial charge in [-0.15, -0.1) is 0 Å². The first-order valence-corrected chi connectivity index (χ1v) is 17.3. The van der Waals surface area contributed by atoms with Crippen LogP contribution in [0.5, 0.6) is 0 Å². The van der Waals surface area contributed by atoms with Gasteiger partial charge in [0.15, 0.2) is 8.32 Å². The molecule has 2 atom stereocenters. The van der Waals surface area contributed by atoms with Gasteiger partial charge < -0.3 is 14.3 Å². The van der Waals surface area contributed by atoms with Crippen LogP contribution < -0.4 is 0 Å². The van der Waals surface area contributed by atoms with Crippen LogP contribution in [0.25, 0.3) is 5.57 Å². The molecule has 0 radical (unpaired) electrons. The molecule has 1 aliphatic carbocycles. The Labute approximate surface area is 232 Å². The number of hydrogen-bond acceptors (Lipinski definition) is 4. The standard InChI is InChI=1S/C33H49NO3Si/c1-21(2)30-29(31(35)24-13-11-22(3)12-14-24)27(23-15-17-36-18-16-23)28-25(34-30)19-33(7,8)20-26(28)37-38(9,10)32(4,5)6/h11-15,21,26,31,35H,16-20H2,1-10H3/t26-,31+/m0/s1. The molecular weight excluding hydrogens is 486 g/mol. The summed E-state index contributed by atoms with van der Waals surface area (Å²) in [6, 6.07) is 8.27. The molecular formula is C33H49NO3Si. The van der Waals surface area contributed by atoms with Gasteiger partial charge in [0.2, 0.25) is 0 Å². The van der Waals surface area contributed by atoms with Crippen LogP contribution in [0.2, 0.25) is 18.1 Å². The van der Waals surface area contributed by atoms with Crippen molar-refractivity contribution < 1.29 is 14.3 Å². The normalized spacial score (nSPS) is 20.7. The fourth-order valence-corrected chi connectivity index (χ4v) is 6.93. The monoisotopic (exact) mass is 535 g/mol. The Morgan fingerprint density at radius 1 is 1.13 bits per heavy atom. The maximum atomic E-state index is 12.0. The van der Waals surface area contributed by atoms with Crippen LogP contribution in [0.1, 0.15) is 119 Å². The van der Waals surface area contributed by atoms with E-state index in [1.165, 1.54) is 22.3 Å². The number of ether oxygens (including phenoxy) is 1. The van der Waals surface area contributed by atoms with Gasteiger partial charge in [-0.2, -0.15) is 0 Å². The van der Waals surface area contributed by atoms with Crippen molar-refractivity contribution in [3.05, 3.63) is 69.5 Å². The minimum absolute atomic E-state index is 0.0499. The summed E-state index contributed by atoms with van der Waals surface area (Å²) in [7, 11) is -2.08. The Hall–Kier alpha value is -1.79. The molecule has 1 aliphatic heterocycles. The van der Waals surface area contributed by atoms with Crippen LogP contribution in [0, 0.1) is 12.3 Å². The summed E-state index contributed by atoms with van der Waals surface area (Å²) in [6.45, 7) is 24.1. The van der Waals surface area contributed by atoms with Gasteiger partial charge in [-0.25, -0.2) is 0 Å². The Kier molecular flexibility index (Phi) is 8.18. The summed E-state index contributed by atoms with van der Waals surface area (Å²) in [4.78, 5) is 5.39. The molecule has 2 aromatic rings. The predicted octanol–water partition coefficient (Wildman–Crippen LogP) is 8.43. The zero-order valence-electron chi connectivity index (χ0n) is 25.4. The molecule has 1 aromatic carbocycles. The van der Waals surface area contributed by atoms with E-state index in [-0.39, 0.29) is 22.5 Å². The Morgan fingerprint density at radius 2 is 1.79 bits per heavy atom. The van der Waals surface area contributed by atoms with Crippen LogP contribution in [0.15, 0.2) is 30.3 Å². The Morgan fingerprint density at radius 3 is 2.34 bits per heavy atom. The van der Waals surface area contributed by atoms with Gasteiger partial charge in [0.1, 0.15) is 6.10 Å². The molecule has 0 fully saturated rings. The molecule has 0 unspecified atom stereocenters. The number of benzene rings is 1. The molecule has 2 aliphatic rings. The van der Waals surface area contributed by atoms with Crippen LogP contribution in [-0.2, 0) is 15.6 Å². The van der Waals surface area contributed by atoms with Crippen LogP contribution >= 0.6 is 0 Å². The van der Waals surface area contributed by atoms with Crippen molar-refractivity contribution in [2.45, 2.75) is 111 Å². The van der Waals surface area contributed by atoms with E-state index in [2.05, 4.69) is 98.8 Å². The van der Waals surface area contributed by atoms with E-state index in [0.717, 1.165) is 41.8 Å². The highest BCUT2D eigenvalue weighted by Crippen LogP contribution is 2.51. The lowest BCUT2D eigenvalue weighted by Gasteiger charge is -2.45. The Balaban J connectivity index is 2.03. The quantitative estimate of drug-likeness (QED) is 0.377. The second-order valence-electron chi connectivity index (χ2n) is 14.1. The lowest BCUT2D eigenvalue weighted by atomic mass is 9.71.